The third-order valence-corrected chi connectivity index (χ3v) is 3.88. The van der Waals surface area contributed by atoms with Crippen molar-refractivity contribution in [2.75, 3.05) is 0 Å². The predicted molar refractivity (Wildman–Crippen MR) is 62.0 cm³/mol. The lowest BCUT2D eigenvalue weighted by Gasteiger charge is -2.37. The molecule has 1 fully saturated rings. The summed E-state index contributed by atoms with van der Waals surface area (Å²) in [5, 5.41) is 3.44. The minimum absolute atomic E-state index is 0.0230. The van der Waals surface area contributed by atoms with E-state index in [1.807, 2.05) is 0 Å². The van der Waals surface area contributed by atoms with Gasteiger partial charge in [-0.1, -0.05) is 31.8 Å². The fourth-order valence-corrected chi connectivity index (χ4v) is 2.66. The molecule has 1 aliphatic rings. The number of hydrogen-bond acceptors (Lipinski definition) is 4. The molecular weight excluding hydrogens is 259 g/mol. The zero-order valence-corrected chi connectivity index (χ0v) is 11.0. The van der Waals surface area contributed by atoms with Gasteiger partial charge in [-0.2, -0.15) is 18.2 Å². The van der Waals surface area contributed by atoms with Crippen molar-refractivity contribution in [3.05, 3.63) is 11.7 Å². The van der Waals surface area contributed by atoms with Crippen molar-refractivity contribution < 1.29 is 17.7 Å². The van der Waals surface area contributed by atoms with Gasteiger partial charge in [-0.3, -0.25) is 0 Å². The summed E-state index contributed by atoms with van der Waals surface area (Å²) in [7, 11) is 0. The molecule has 2 atom stereocenters. The number of nitrogens with zero attached hydrogens (tertiary/aromatic N) is 2. The van der Waals surface area contributed by atoms with Crippen LogP contribution in [0.4, 0.5) is 13.2 Å². The van der Waals surface area contributed by atoms with Crippen molar-refractivity contribution >= 4 is 0 Å². The van der Waals surface area contributed by atoms with Crippen LogP contribution in [0.2, 0.25) is 0 Å². The van der Waals surface area contributed by atoms with Gasteiger partial charge in [0.25, 0.3) is 0 Å². The average Bonchev–Trinajstić information content (AvgIpc) is 2.78. The standard InChI is InChI=1S/C12H18F3N3O/c1-7(2)8-4-3-5-11(16,6-8)9-17-10(19-18-9)12(13,14)15/h7-8H,3-6,16H2,1-2H3. The Hall–Kier alpha value is -1.11. The smallest absolute Gasteiger partial charge is 0.329 e. The van der Waals surface area contributed by atoms with Gasteiger partial charge in [0.1, 0.15) is 0 Å². The highest BCUT2D eigenvalue weighted by Crippen LogP contribution is 2.40. The van der Waals surface area contributed by atoms with Crippen LogP contribution in [0.1, 0.15) is 51.2 Å². The molecule has 2 N–H and O–H groups in total. The molecule has 0 spiro atoms. The Bertz CT molecular complexity index is 444. The molecule has 0 saturated heterocycles. The number of hydrogen-bond donors (Lipinski definition) is 1. The molecule has 19 heavy (non-hydrogen) atoms. The van der Waals surface area contributed by atoms with Crippen LogP contribution in [-0.2, 0) is 11.7 Å². The monoisotopic (exact) mass is 277 g/mol. The Balaban J connectivity index is 2.22. The van der Waals surface area contributed by atoms with Gasteiger partial charge in [0.15, 0.2) is 5.82 Å². The van der Waals surface area contributed by atoms with Crippen molar-refractivity contribution in [1.29, 1.82) is 0 Å². The third kappa shape index (κ3) is 2.91. The Labute approximate surface area is 109 Å². The van der Waals surface area contributed by atoms with E-state index in [-0.39, 0.29) is 5.82 Å². The summed E-state index contributed by atoms with van der Waals surface area (Å²) in [6.45, 7) is 4.18. The molecule has 108 valence electrons. The van der Waals surface area contributed by atoms with Gasteiger partial charge in [-0.05, 0) is 24.7 Å². The summed E-state index contributed by atoms with van der Waals surface area (Å²) in [5.41, 5.74) is 5.31. The first-order chi connectivity index (χ1) is 8.72. The Morgan fingerprint density at radius 1 is 1.42 bits per heavy atom. The van der Waals surface area contributed by atoms with Crippen LogP contribution in [0, 0.1) is 11.8 Å². The molecule has 1 aliphatic carbocycles. The molecule has 1 aromatic rings. The van der Waals surface area contributed by atoms with Crippen LogP contribution in [0.25, 0.3) is 0 Å². The molecule has 2 rings (SSSR count). The summed E-state index contributed by atoms with van der Waals surface area (Å²) >= 11 is 0. The lowest BCUT2D eigenvalue weighted by Crippen LogP contribution is -2.43. The minimum atomic E-state index is -4.62. The van der Waals surface area contributed by atoms with E-state index >= 15 is 0 Å². The number of aromatic nitrogens is 2. The number of rotatable bonds is 2. The minimum Gasteiger partial charge on any atom is -0.329 e. The first kappa shape index (κ1) is 14.3. The van der Waals surface area contributed by atoms with E-state index in [0.717, 1.165) is 12.8 Å². The SMILES string of the molecule is CC(C)C1CCCC(N)(c2noc(C(F)(F)F)n2)C1. The summed E-state index contributed by atoms with van der Waals surface area (Å²) in [4.78, 5) is 3.44. The molecule has 1 heterocycles. The number of nitrogens with two attached hydrogens (primary N) is 1. The molecule has 0 aliphatic heterocycles. The lowest BCUT2D eigenvalue weighted by molar-refractivity contribution is -0.159. The van der Waals surface area contributed by atoms with Crippen LogP contribution in [0.3, 0.4) is 0 Å². The van der Waals surface area contributed by atoms with Crippen LogP contribution in [0.15, 0.2) is 4.52 Å². The number of alkyl halides is 3. The topological polar surface area (TPSA) is 64.9 Å². The highest BCUT2D eigenvalue weighted by atomic mass is 19.4. The highest BCUT2D eigenvalue weighted by Gasteiger charge is 2.43. The normalized spacial score (nSPS) is 28.9. The quantitative estimate of drug-likeness (QED) is 0.902. The molecule has 0 amide bonds. The van der Waals surface area contributed by atoms with Gasteiger partial charge in [-0.25, -0.2) is 0 Å². The van der Waals surface area contributed by atoms with Crippen molar-refractivity contribution in [2.24, 2.45) is 17.6 Å². The molecule has 0 aromatic carbocycles. The van der Waals surface area contributed by atoms with Crippen LogP contribution < -0.4 is 5.73 Å². The second-order valence-corrected chi connectivity index (χ2v) is 5.68. The van der Waals surface area contributed by atoms with Crippen LogP contribution in [-0.4, -0.2) is 10.1 Å². The van der Waals surface area contributed by atoms with E-state index in [9.17, 15) is 13.2 Å². The van der Waals surface area contributed by atoms with E-state index in [1.165, 1.54) is 0 Å². The maximum absolute atomic E-state index is 12.5. The Morgan fingerprint density at radius 2 is 2.11 bits per heavy atom. The molecular formula is C12H18F3N3O. The first-order valence-electron chi connectivity index (χ1n) is 6.42. The van der Waals surface area contributed by atoms with Crippen LogP contribution >= 0.6 is 0 Å². The highest BCUT2D eigenvalue weighted by molar-refractivity contribution is 5.07. The Morgan fingerprint density at radius 3 is 2.63 bits per heavy atom. The molecule has 0 bridgehead atoms. The fraction of sp³-hybridized carbons (Fsp3) is 0.833. The maximum atomic E-state index is 12.5. The fourth-order valence-electron chi connectivity index (χ4n) is 2.66. The Kier molecular flexibility index (Phi) is 3.59. The average molecular weight is 277 g/mol. The van der Waals surface area contributed by atoms with E-state index in [1.54, 1.807) is 0 Å². The predicted octanol–water partition coefficient (Wildman–Crippen LogP) is 3.09. The maximum Gasteiger partial charge on any atom is 0.471 e. The van der Waals surface area contributed by atoms with E-state index in [0.29, 0.717) is 24.7 Å². The zero-order chi connectivity index (χ0) is 14.3. The van der Waals surface area contributed by atoms with Crippen molar-refractivity contribution in [2.45, 2.75) is 51.2 Å². The van der Waals surface area contributed by atoms with Gasteiger partial charge >= 0.3 is 12.1 Å². The van der Waals surface area contributed by atoms with E-state index in [2.05, 4.69) is 28.5 Å². The van der Waals surface area contributed by atoms with Gasteiger partial charge in [-0.15, -0.1) is 0 Å². The molecule has 4 nitrogen and oxygen atoms in total. The third-order valence-electron chi connectivity index (χ3n) is 3.88. The van der Waals surface area contributed by atoms with Gasteiger partial charge in [0, 0.05) is 0 Å². The summed E-state index contributed by atoms with van der Waals surface area (Å²) in [6.07, 6.45) is -1.52. The summed E-state index contributed by atoms with van der Waals surface area (Å²) in [6, 6.07) is 0. The molecule has 7 heteroatoms. The van der Waals surface area contributed by atoms with Gasteiger partial charge in [0.05, 0.1) is 5.54 Å². The first-order valence-corrected chi connectivity index (χ1v) is 6.42. The molecule has 1 saturated carbocycles. The zero-order valence-electron chi connectivity index (χ0n) is 11.0. The largest absolute Gasteiger partial charge is 0.471 e. The van der Waals surface area contributed by atoms with E-state index in [4.69, 9.17) is 5.73 Å². The lowest BCUT2D eigenvalue weighted by atomic mass is 9.72. The molecule has 0 radical (unpaired) electrons. The van der Waals surface area contributed by atoms with Gasteiger partial charge in [0.2, 0.25) is 0 Å². The molecule has 1 aromatic heterocycles. The second-order valence-electron chi connectivity index (χ2n) is 5.68. The van der Waals surface area contributed by atoms with E-state index < -0.39 is 17.6 Å². The second kappa shape index (κ2) is 4.77. The summed E-state index contributed by atoms with van der Waals surface area (Å²) in [5.74, 6) is -0.520. The van der Waals surface area contributed by atoms with Gasteiger partial charge < -0.3 is 10.3 Å². The van der Waals surface area contributed by atoms with Crippen molar-refractivity contribution in [3.63, 3.8) is 0 Å². The summed E-state index contributed by atoms with van der Waals surface area (Å²) < 4.78 is 41.7. The molecule has 2 unspecified atom stereocenters. The van der Waals surface area contributed by atoms with Crippen molar-refractivity contribution in [3.8, 4) is 0 Å². The number of halogens is 3. The van der Waals surface area contributed by atoms with Crippen molar-refractivity contribution in [1.82, 2.24) is 10.1 Å². The van der Waals surface area contributed by atoms with Crippen LogP contribution in [0.5, 0.6) is 0 Å².